The topological polar surface area (TPSA) is 39.7 Å². The van der Waals surface area contributed by atoms with E-state index in [0.29, 0.717) is 18.2 Å². The normalized spacial score (nSPS) is 20.3. The first kappa shape index (κ1) is 21.0. The third-order valence-corrected chi connectivity index (χ3v) is 5.29. The molecule has 28 heavy (non-hydrogen) atoms. The second-order valence-electron chi connectivity index (χ2n) is 7.71. The molecule has 1 aliphatic rings. The van der Waals surface area contributed by atoms with Crippen molar-refractivity contribution in [1.82, 2.24) is 0 Å². The van der Waals surface area contributed by atoms with Gasteiger partial charge < -0.3 is 19.5 Å². The first-order valence-electron chi connectivity index (χ1n) is 9.93. The second kappa shape index (κ2) is 9.17. The molecule has 0 aliphatic carbocycles. The van der Waals surface area contributed by atoms with Crippen molar-refractivity contribution in [3.05, 3.63) is 58.6 Å². The van der Waals surface area contributed by atoms with Crippen LogP contribution in [0.25, 0.3) is 0 Å². The van der Waals surface area contributed by atoms with Crippen LogP contribution in [-0.4, -0.2) is 25.4 Å². The fourth-order valence-electron chi connectivity index (χ4n) is 3.52. The maximum atomic E-state index is 6.38. The van der Waals surface area contributed by atoms with Crippen molar-refractivity contribution in [2.45, 2.75) is 58.0 Å². The number of halogens is 1. The van der Waals surface area contributed by atoms with E-state index in [9.17, 15) is 0 Å². The van der Waals surface area contributed by atoms with Gasteiger partial charge in [0.25, 0.3) is 0 Å². The summed E-state index contributed by atoms with van der Waals surface area (Å²) in [5.41, 5.74) is 2.56. The van der Waals surface area contributed by atoms with E-state index in [1.54, 1.807) is 0 Å². The summed E-state index contributed by atoms with van der Waals surface area (Å²) in [7, 11) is 1.91. The summed E-state index contributed by atoms with van der Waals surface area (Å²) in [5.74, 6) is 0.855. The molecule has 2 unspecified atom stereocenters. The number of hydrogen-bond acceptors (Lipinski definition) is 4. The van der Waals surface area contributed by atoms with Crippen molar-refractivity contribution < 1.29 is 14.2 Å². The van der Waals surface area contributed by atoms with Gasteiger partial charge in [0.05, 0.1) is 6.61 Å². The van der Waals surface area contributed by atoms with Crippen LogP contribution in [0, 0.1) is 0 Å². The molecule has 0 saturated carbocycles. The molecule has 152 valence electrons. The van der Waals surface area contributed by atoms with Crippen molar-refractivity contribution in [1.29, 1.82) is 0 Å². The minimum absolute atomic E-state index is 0.196. The Labute approximate surface area is 173 Å². The SMILES string of the molecule is CCCCOC1c2cc(NC)ccc2OC(C)(C)C1OCc1cccc(Cl)c1. The summed E-state index contributed by atoms with van der Waals surface area (Å²) >= 11 is 6.12. The molecule has 1 aliphatic heterocycles. The first-order valence-corrected chi connectivity index (χ1v) is 10.3. The molecule has 0 fully saturated rings. The Balaban J connectivity index is 1.89. The number of nitrogens with one attached hydrogen (secondary N) is 1. The number of rotatable bonds is 8. The third-order valence-electron chi connectivity index (χ3n) is 5.05. The summed E-state index contributed by atoms with van der Waals surface area (Å²) in [6.07, 6.45) is 1.66. The van der Waals surface area contributed by atoms with Gasteiger partial charge in [-0.25, -0.2) is 0 Å². The van der Waals surface area contributed by atoms with Crippen LogP contribution in [0.3, 0.4) is 0 Å². The number of anilines is 1. The van der Waals surface area contributed by atoms with E-state index in [1.165, 1.54) is 0 Å². The lowest BCUT2D eigenvalue weighted by Crippen LogP contribution is -2.51. The zero-order valence-corrected chi connectivity index (χ0v) is 17.9. The lowest BCUT2D eigenvalue weighted by Gasteiger charge is -2.44. The van der Waals surface area contributed by atoms with Crippen LogP contribution in [0.4, 0.5) is 5.69 Å². The summed E-state index contributed by atoms with van der Waals surface area (Å²) < 4.78 is 19.1. The molecule has 1 N–H and O–H groups in total. The van der Waals surface area contributed by atoms with Crippen LogP contribution in [0.15, 0.2) is 42.5 Å². The Hall–Kier alpha value is -1.75. The highest BCUT2D eigenvalue weighted by atomic mass is 35.5. The Morgan fingerprint density at radius 3 is 2.68 bits per heavy atom. The lowest BCUT2D eigenvalue weighted by atomic mass is 9.87. The Kier molecular flexibility index (Phi) is 6.86. The Morgan fingerprint density at radius 1 is 1.14 bits per heavy atom. The molecule has 2 aromatic rings. The number of ether oxygens (including phenoxy) is 3. The maximum Gasteiger partial charge on any atom is 0.132 e. The maximum absolute atomic E-state index is 6.38. The van der Waals surface area contributed by atoms with Crippen LogP contribution in [0.5, 0.6) is 5.75 Å². The smallest absolute Gasteiger partial charge is 0.132 e. The van der Waals surface area contributed by atoms with E-state index in [0.717, 1.165) is 35.4 Å². The van der Waals surface area contributed by atoms with Gasteiger partial charge in [0.2, 0.25) is 0 Å². The first-order chi connectivity index (χ1) is 13.4. The van der Waals surface area contributed by atoms with Gasteiger partial charge in [-0.15, -0.1) is 0 Å². The zero-order chi connectivity index (χ0) is 20.1. The van der Waals surface area contributed by atoms with Crippen molar-refractivity contribution in [2.24, 2.45) is 0 Å². The van der Waals surface area contributed by atoms with Crippen molar-refractivity contribution in [3.63, 3.8) is 0 Å². The quantitative estimate of drug-likeness (QED) is 0.549. The van der Waals surface area contributed by atoms with Gasteiger partial charge in [0, 0.05) is 29.9 Å². The predicted molar refractivity (Wildman–Crippen MR) is 114 cm³/mol. The van der Waals surface area contributed by atoms with Gasteiger partial charge in [-0.2, -0.15) is 0 Å². The van der Waals surface area contributed by atoms with E-state index >= 15 is 0 Å². The molecule has 0 amide bonds. The van der Waals surface area contributed by atoms with Crippen molar-refractivity contribution >= 4 is 17.3 Å². The highest BCUT2D eigenvalue weighted by Gasteiger charge is 2.45. The Morgan fingerprint density at radius 2 is 1.96 bits per heavy atom. The molecular weight excluding hydrogens is 374 g/mol. The lowest BCUT2D eigenvalue weighted by molar-refractivity contribution is -0.167. The van der Waals surface area contributed by atoms with E-state index in [4.69, 9.17) is 25.8 Å². The number of unbranched alkanes of at least 4 members (excludes halogenated alkanes) is 1. The number of hydrogen-bond donors (Lipinski definition) is 1. The van der Waals surface area contributed by atoms with Gasteiger partial charge in [-0.05, 0) is 56.2 Å². The van der Waals surface area contributed by atoms with Crippen molar-refractivity contribution in [2.75, 3.05) is 19.0 Å². The standard InChI is InChI=1S/C23H30ClNO3/c1-5-6-12-26-21-19-14-18(25-4)10-11-20(19)28-23(2,3)22(21)27-15-16-8-7-9-17(24)13-16/h7-11,13-14,21-22,25H,5-6,12,15H2,1-4H3. The minimum Gasteiger partial charge on any atom is -0.485 e. The van der Waals surface area contributed by atoms with Crippen LogP contribution < -0.4 is 10.1 Å². The summed E-state index contributed by atoms with van der Waals surface area (Å²) in [6, 6.07) is 13.9. The molecule has 3 rings (SSSR count). The van der Waals surface area contributed by atoms with E-state index in [1.807, 2.05) is 43.4 Å². The van der Waals surface area contributed by atoms with E-state index in [-0.39, 0.29) is 12.2 Å². The fraction of sp³-hybridized carbons (Fsp3) is 0.478. The third kappa shape index (κ3) is 4.80. The van der Waals surface area contributed by atoms with Crippen LogP contribution in [-0.2, 0) is 16.1 Å². The molecule has 0 bridgehead atoms. The van der Waals surface area contributed by atoms with Gasteiger partial charge >= 0.3 is 0 Å². The molecule has 5 heteroatoms. The molecular formula is C23H30ClNO3. The molecule has 4 nitrogen and oxygen atoms in total. The fourth-order valence-corrected chi connectivity index (χ4v) is 3.73. The summed E-state index contributed by atoms with van der Waals surface area (Å²) in [5, 5.41) is 3.91. The number of benzene rings is 2. The molecule has 0 aromatic heterocycles. The van der Waals surface area contributed by atoms with Crippen molar-refractivity contribution in [3.8, 4) is 5.75 Å². The molecule has 2 atom stereocenters. The second-order valence-corrected chi connectivity index (χ2v) is 8.15. The zero-order valence-electron chi connectivity index (χ0n) is 17.1. The van der Waals surface area contributed by atoms with E-state index < -0.39 is 5.60 Å². The monoisotopic (exact) mass is 403 g/mol. The van der Waals surface area contributed by atoms with Crippen LogP contribution >= 0.6 is 11.6 Å². The molecule has 0 saturated heterocycles. The minimum atomic E-state index is -0.524. The van der Waals surface area contributed by atoms with E-state index in [2.05, 4.69) is 32.2 Å². The molecule has 0 spiro atoms. The average Bonchev–Trinajstić information content (AvgIpc) is 2.66. The van der Waals surface area contributed by atoms with Crippen LogP contribution in [0.2, 0.25) is 5.02 Å². The summed E-state index contributed by atoms with van der Waals surface area (Å²) in [6.45, 7) is 7.42. The highest BCUT2D eigenvalue weighted by Crippen LogP contribution is 2.44. The predicted octanol–water partition coefficient (Wildman–Crippen LogP) is 6.00. The summed E-state index contributed by atoms with van der Waals surface area (Å²) in [4.78, 5) is 0. The van der Waals surface area contributed by atoms with Crippen LogP contribution in [0.1, 0.15) is 50.8 Å². The average molecular weight is 404 g/mol. The van der Waals surface area contributed by atoms with Gasteiger partial charge in [0.1, 0.15) is 23.6 Å². The molecule has 1 heterocycles. The highest BCUT2D eigenvalue weighted by molar-refractivity contribution is 6.30. The van der Waals surface area contributed by atoms with Gasteiger partial charge in [-0.1, -0.05) is 37.1 Å². The molecule has 2 aromatic carbocycles. The number of fused-ring (bicyclic) bond motifs is 1. The molecule has 0 radical (unpaired) electrons. The largest absolute Gasteiger partial charge is 0.485 e. The van der Waals surface area contributed by atoms with Gasteiger partial charge in [0.15, 0.2) is 0 Å². The van der Waals surface area contributed by atoms with Gasteiger partial charge in [-0.3, -0.25) is 0 Å². The Bertz CT molecular complexity index is 793.